The number of thiophene rings is 1. The van der Waals surface area contributed by atoms with Crippen molar-refractivity contribution in [2.45, 2.75) is 38.6 Å². The van der Waals surface area contributed by atoms with Crippen molar-refractivity contribution in [1.82, 2.24) is 4.72 Å². The summed E-state index contributed by atoms with van der Waals surface area (Å²) in [5.41, 5.74) is 0. The smallest absolute Gasteiger partial charge is 0.242 e. The monoisotopic (exact) mass is 277 g/mol. The topological polar surface area (TPSA) is 66.4 Å². The SMILES string of the molecule is Cc1cc(S(=O)(=O)NC(CO)C(C)C)c(C)s1. The van der Waals surface area contributed by atoms with Gasteiger partial charge >= 0.3 is 0 Å². The second-order valence-electron chi connectivity index (χ2n) is 4.43. The number of nitrogens with one attached hydrogen (secondary N) is 1. The Hall–Kier alpha value is -0.430. The van der Waals surface area contributed by atoms with E-state index in [1.807, 2.05) is 20.8 Å². The maximum Gasteiger partial charge on any atom is 0.242 e. The highest BCUT2D eigenvalue weighted by Gasteiger charge is 2.24. The molecule has 98 valence electrons. The zero-order chi connectivity index (χ0) is 13.2. The molecule has 0 bridgehead atoms. The number of aliphatic hydroxyl groups excluding tert-OH is 1. The van der Waals surface area contributed by atoms with Crippen LogP contribution in [0.3, 0.4) is 0 Å². The number of rotatable bonds is 5. The lowest BCUT2D eigenvalue weighted by molar-refractivity contribution is 0.227. The van der Waals surface area contributed by atoms with Crippen molar-refractivity contribution in [3.05, 3.63) is 15.8 Å². The molecule has 0 aliphatic carbocycles. The molecule has 1 aromatic heterocycles. The van der Waals surface area contributed by atoms with Crippen LogP contribution in [-0.4, -0.2) is 26.2 Å². The Morgan fingerprint density at radius 2 is 2.00 bits per heavy atom. The van der Waals surface area contributed by atoms with Gasteiger partial charge < -0.3 is 5.11 Å². The summed E-state index contributed by atoms with van der Waals surface area (Å²) in [7, 11) is -3.53. The molecule has 1 rings (SSSR count). The van der Waals surface area contributed by atoms with Crippen molar-refractivity contribution in [1.29, 1.82) is 0 Å². The Bertz CT molecular complexity index is 477. The maximum absolute atomic E-state index is 12.1. The third-order valence-corrected chi connectivity index (χ3v) is 5.30. The lowest BCUT2D eigenvalue weighted by Gasteiger charge is -2.19. The normalized spacial score (nSPS) is 14.2. The van der Waals surface area contributed by atoms with Crippen molar-refractivity contribution in [2.75, 3.05) is 6.61 Å². The molecule has 0 fully saturated rings. The first-order valence-electron chi connectivity index (χ1n) is 5.48. The molecule has 17 heavy (non-hydrogen) atoms. The summed E-state index contributed by atoms with van der Waals surface area (Å²) in [6.45, 7) is 7.21. The van der Waals surface area contributed by atoms with Crippen LogP contribution in [0.1, 0.15) is 23.6 Å². The zero-order valence-electron chi connectivity index (χ0n) is 10.5. The van der Waals surface area contributed by atoms with Crippen molar-refractivity contribution in [3.63, 3.8) is 0 Å². The third kappa shape index (κ3) is 3.51. The van der Waals surface area contributed by atoms with Gasteiger partial charge in [0.05, 0.1) is 11.5 Å². The summed E-state index contributed by atoms with van der Waals surface area (Å²) >= 11 is 1.46. The van der Waals surface area contributed by atoms with Gasteiger partial charge in [-0.25, -0.2) is 13.1 Å². The molecular weight excluding hydrogens is 258 g/mol. The van der Waals surface area contributed by atoms with E-state index in [0.29, 0.717) is 4.90 Å². The van der Waals surface area contributed by atoms with Crippen molar-refractivity contribution in [2.24, 2.45) is 5.92 Å². The van der Waals surface area contributed by atoms with Gasteiger partial charge in [-0.3, -0.25) is 0 Å². The Balaban J connectivity index is 3.00. The lowest BCUT2D eigenvalue weighted by Crippen LogP contribution is -2.41. The molecule has 0 aliphatic heterocycles. The molecule has 0 saturated carbocycles. The lowest BCUT2D eigenvalue weighted by atomic mass is 10.1. The molecule has 0 aliphatic rings. The van der Waals surface area contributed by atoms with Gasteiger partial charge in [-0.2, -0.15) is 0 Å². The minimum atomic E-state index is -3.53. The molecule has 2 N–H and O–H groups in total. The fourth-order valence-corrected chi connectivity index (χ4v) is 4.45. The molecule has 0 saturated heterocycles. The Kier molecular flexibility index (Phi) is 4.71. The first-order chi connectivity index (χ1) is 7.77. The van der Waals surface area contributed by atoms with Gasteiger partial charge in [-0.15, -0.1) is 11.3 Å². The van der Waals surface area contributed by atoms with E-state index in [2.05, 4.69) is 4.72 Å². The number of hydrogen-bond donors (Lipinski definition) is 2. The molecule has 1 heterocycles. The molecule has 4 nitrogen and oxygen atoms in total. The van der Waals surface area contributed by atoms with Gasteiger partial charge in [0.25, 0.3) is 0 Å². The van der Waals surface area contributed by atoms with Crippen molar-refractivity contribution < 1.29 is 13.5 Å². The predicted molar refractivity (Wildman–Crippen MR) is 69.8 cm³/mol. The van der Waals surface area contributed by atoms with Crippen LogP contribution < -0.4 is 4.72 Å². The molecule has 0 radical (unpaired) electrons. The summed E-state index contributed by atoms with van der Waals surface area (Å²) in [4.78, 5) is 2.06. The van der Waals surface area contributed by atoms with Gasteiger partial charge in [-0.1, -0.05) is 13.8 Å². The molecule has 0 aromatic carbocycles. The van der Waals surface area contributed by atoms with Crippen LogP contribution in [0.4, 0.5) is 0 Å². The van der Waals surface area contributed by atoms with E-state index < -0.39 is 16.1 Å². The molecule has 6 heteroatoms. The van der Waals surface area contributed by atoms with Gasteiger partial charge in [0.15, 0.2) is 0 Å². The van der Waals surface area contributed by atoms with Gasteiger partial charge in [0, 0.05) is 15.8 Å². The molecular formula is C11H19NO3S2. The van der Waals surface area contributed by atoms with Crippen LogP contribution in [0.2, 0.25) is 0 Å². The second-order valence-corrected chi connectivity index (χ2v) is 7.57. The number of aryl methyl sites for hydroxylation is 2. The summed E-state index contributed by atoms with van der Waals surface area (Å²) in [6.07, 6.45) is 0. The van der Waals surface area contributed by atoms with E-state index in [4.69, 9.17) is 5.11 Å². The number of aliphatic hydroxyl groups is 1. The third-order valence-electron chi connectivity index (χ3n) is 2.59. The minimum Gasteiger partial charge on any atom is -0.395 e. The molecule has 1 aromatic rings. The van der Waals surface area contributed by atoms with Crippen LogP contribution in [0.25, 0.3) is 0 Å². The first-order valence-corrected chi connectivity index (χ1v) is 7.78. The van der Waals surface area contributed by atoms with E-state index in [-0.39, 0.29) is 12.5 Å². The molecule has 0 amide bonds. The Labute approximate surface area is 107 Å². The quantitative estimate of drug-likeness (QED) is 0.860. The van der Waals surface area contributed by atoms with Gasteiger partial charge in [-0.05, 0) is 25.8 Å². The van der Waals surface area contributed by atoms with Crippen LogP contribution in [0, 0.1) is 19.8 Å². The van der Waals surface area contributed by atoms with Gasteiger partial charge in [0.1, 0.15) is 0 Å². The summed E-state index contributed by atoms with van der Waals surface area (Å²) in [5, 5.41) is 9.16. The number of sulfonamides is 1. The van der Waals surface area contributed by atoms with E-state index in [1.54, 1.807) is 13.0 Å². The van der Waals surface area contributed by atoms with E-state index in [0.717, 1.165) is 9.75 Å². The standard InChI is InChI=1S/C11H19NO3S2/c1-7(2)10(6-13)12-17(14,15)11-5-8(3)16-9(11)4/h5,7,10,12-13H,6H2,1-4H3. The zero-order valence-corrected chi connectivity index (χ0v) is 12.2. The average molecular weight is 277 g/mol. The fraction of sp³-hybridized carbons (Fsp3) is 0.636. The average Bonchev–Trinajstić information content (AvgIpc) is 2.54. The highest BCUT2D eigenvalue weighted by atomic mass is 32.2. The van der Waals surface area contributed by atoms with Crippen LogP contribution in [-0.2, 0) is 10.0 Å². The first kappa shape index (κ1) is 14.6. The largest absolute Gasteiger partial charge is 0.395 e. The molecule has 1 unspecified atom stereocenters. The van der Waals surface area contributed by atoms with E-state index >= 15 is 0 Å². The van der Waals surface area contributed by atoms with Crippen LogP contribution in [0.15, 0.2) is 11.0 Å². The summed E-state index contributed by atoms with van der Waals surface area (Å²) < 4.78 is 26.8. The highest BCUT2D eigenvalue weighted by Crippen LogP contribution is 2.25. The Morgan fingerprint density at radius 3 is 2.35 bits per heavy atom. The van der Waals surface area contributed by atoms with Crippen molar-refractivity contribution >= 4 is 21.4 Å². The highest BCUT2D eigenvalue weighted by molar-refractivity contribution is 7.89. The van der Waals surface area contributed by atoms with Crippen molar-refractivity contribution in [3.8, 4) is 0 Å². The minimum absolute atomic E-state index is 0.0508. The van der Waals surface area contributed by atoms with E-state index in [9.17, 15) is 8.42 Å². The fourth-order valence-electron chi connectivity index (χ4n) is 1.52. The van der Waals surface area contributed by atoms with Gasteiger partial charge in [0.2, 0.25) is 10.0 Å². The van der Waals surface area contributed by atoms with Crippen LogP contribution in [0.5, 0.6) is 0 Å². The second kappa shape index (κ2) is 5.48. The number of hydrogen-bond acceptors (Lipinski definition) is 4. The van der Waals surface area contributed by atoms with Crippen LogP contribution >= 0.6 is 11.3 Å². The molecule has 1 atom stereocenters. The summed E-state index contributed by atoms with van der Waals surface area (Å²) in [5.74, 6) is 0.0508. The maximum atomic E-state index is 12.1. The molecule has 0 spiro atoms. The Morgan fingerprint density at radius 1 is 1.41 bits per heavy atom. The predicted octanol–water partition coefficient (Wildman–Crippen LogP) is 1.66. The van der Waals surface area contributed by atoms with E-state index in [1.165, 1.54) is 11.3 Å². The summed E-state index contributed by atoms with van der Waals surface area (Å²) in [6, 6.07) is 1.22.